The molecule has 3 aromatic rings. The molecule has 0 unspecified atom stereocenters. The van der Waals surface area contributed by atoms with Crippen molar-refractivity contribution in [3.8, 4) is 11.5 Å². The summed E-state index contributed by atoms with van der Waals surface area (Å²) in [6.07, 6.45) is -1.04. The van der Waals surface area contributed by atoms with Crippen LogP contribution < -0.4 is 14.7 Å². The second-order valence-corrected chi connectivity index (χ2v) is 9.06. The van der Waals surface area contributed by atoms with Crippen LogP contribution in [0.5, 0.6) is 11.5 Å². The van der Waals surface area contributed by atoms with E-state index in [0.717, 1.165) is 9.37 Å². The zero-order valence-corrected chi connectivity index (χ0v) is 19.7. The van der Waals surface area contributed by atoms with E-state index in [9.17, 15) is 14.7 Å². The van der Waals surface area contributed by atoms with E-state index < -0.39 is 29.9 Å². The maximum Gasteiger partial charge on any atom is 0.266 e. The number of hydroxylamine groups is 1. The van der Waals surface area contributed by atoms with Crippen molar-refractivity contribution in [2.24, 2.45) is 5.92 Å². The number of rotatable bonds is 4. The second kappa shape index (κ2) is 8.37. The number of nitrogens with zero attached hydrogens (tertiary/aromatic N) is 2. The molecule has 0 bridgehead atoms. The molecule has 33 heavy (non-hydrogen) atoms. The van der Waals surface area contributed by atoms with Crippen molar-refractivity contribution in [1.29, 1.82) is 0 Å². The van der Waals surface area contributed by atoms with Crippen LogP contribution in [0.1, 0.15) is 11.6 Å². The number of aromatic hydroxyl groups is 1. The van der Waals surface area contributed by atoms with Gasteiger partial charge in [-0.1, -0.05) is 27.5 Å². The van der Waals surface area contributed by atoms with E-state index in [2.05, 4.69) is 15.9 Å². The van der Waals surface area contributed by atoms with Crippen molar-refractivity contribution < 1.29 is 24.3 Å². The number of benzene rings is 3. The number of amides is 2. The number of anilines is 2. The second-order valence-electron chi connectivity index (χ2n) is 7.71. The highest BCUT2D eigenvalue weighted by Crippen LogP contribution is 2.49. The summed E-state index contributed by atoms with van der Waals surface area (Å²) in [4.78, 5) is 34.2. The molecule has 2 fully saturated rings. The van der Waals surface area contributed by atoms with Gasteiger partial charge < -0.3 is 9.84 Å². The Morgan fingerprint density at radius 1 is 0.970 bits per heavy atom. The fourth-order valence-corrected chi connectivity index (χ4v) is 4.80. The van der Waals surface area contributed by atoms with E-state index in [4.69, 9.17) is 21.2 Å². The Balaban J connectivity index is 1.59. The Morgan fingerprint density at radius 3 is 2.30 bits per heavy atom. The van der Waals surface area contributed by atoms with E-state index in [1.54, 1.807) is 67.8 Å². The van der Waals surface area contributed by atoms with Crippen molar-refractivity contribution in [1.82, 2.24) is 0 Å². The van der Waals surface area contributed by atoms with Gasteiger partial charge in [0, 0.05) is 15.1 Å². The Kier molecular flexibility index (Phi) is 5.52. The first kappa shape index (κ1) is 21.8. The van der Waals surface area contributed by atoms with Crippen molar-refractivity contribution >= 4 is 50.7 Å². The van der Waals surface area contributed by atoms with Gasteiger partial charge in [-0.3, -0.25) is 14.4 Å². The van der Waals surface area contributed by atoms with Gasteiger partial charge in [0.2, 0.25) is 5.91 Å². The molecule has 168 valence electrons. The van der Waals surface area contributed by atoms with E-state index in [0.29, 0.717) is 27.7 Å². The molecule has 5 rings (SSSR count). The van der Waals surface area contributed by atoms with E-state index in [-0.39, 0.29) is 5.75 Å². The smallest absolute Gasteiger partial charge is 0.266 e. The largest absolute Gasteiger partial charge is 0.508 e. The molecule has 9 heteroatoms. The lowest BCUT2D eigenvalue weighted by Gasteiger charge is -2.29. The van der Waals surface area contributed by atoms with Crippen LogP contribution in [0, 0.1) is 5.92 Å². The van der Waals surface area contributed by atoms with Gasteiger partial charge in [-0.15, -0.1) is 0 Å². The normalized spacial score (nSPS) is 22.1. The minimum Gasteiger partial charge on any atom is -0.508 e. The minimum absolute atomic E-state index is 0.00504. The molecule has 2 aliphatic rings. The molecule has 2 heterocycles. The third-order valence-electron chi connectivity index (χ3n) is 5.84. The molecular weight excluding hydrogens is 512 g/mol. The first-order valence-electron chi connectivity index (χ1n) is 10.1. The first-order valence-corrected chi connectivity index (χ1v) is 11.3. The number of hydrogen-bond donors (Lipinski definition) is 1. The summed E-state index contributed by atoms with van der Waals surface area (Å²) in [5.74, 6) is -1.13. The third kappa shape index (κ3) is 3.64. The molecule has 2 saturated heterocycles. The number of fused-ring (bicyclic) bond motifs is 1. The lowest BCUT2D eigenvalue weighted by atomic mass is 9.90. The number of methoxy groups -OCH3 is 1. The van der Waals surface area contributed by atoms with Crippen LogP contribution in [0.4, 0.5) is 11.4 Å². The van der Waals surface area contributed by atoms with Crippen LogP contribution in [0.3, 0.4) is 0 Å². The zero-order chi connectivity index (χ0) is 23.3. The van der Waals surface area contributed by atoms with Crippen molar-refractivity contribution in [2.45, 2.75) is 12.1 Å². The van der Waals surface area contributed by atoms with Gasteiger partial charge in [0.25, 0.3) is 5.91 Å². The molecule has 0 aliphatic carbocycles. The van der Waals surface area contributed by atoms with Crippen LogP contribution >= 0.6 is 27.5 Å². The van der Waals surface area contributed by atoms with Crippen molar-refractivity contribution in [2.75, 3.05) is 17.1 Å². The summed E-state index contributed by atoms with van der Waals surface area (Å²) >= 11 is 9.47. The quantitative estimate of drug-likeness (QED) is 0.486. The maximum atomic E-state index is 13.6. The molecule has 0 spiro atoms. The average molecular weight is 530 g/mol. The fourth-order valence-electron chi connectivity index (χ4n) is 4.29. The lowest BCUT2D eigenvalue weighted by Crippen LogP contribution is -2.37. The molecule has 3 aromatic carbocycles. The molecule has 2 aliphatic heterocycles. The lowest BCUT2D eigenvalue weighted by molar-refractivity contribution is -0.126. The number of carbonyl (C=O) groups is 2. The molecule has 7 nitrogen and oxygen atoms in total. The number of imide groups is 1. The van der Waals surface area contributed by atoms with E-state index in [1.165, 1.54) is 11.1 Å². The number of ether oxygens (including phenoxy) is 1. The monoisotopic (exact) mass is 528 g/mol. The predicted molar refractivity (Wildman–Crippen MR) is 126 cm³/mol. The zero-order valence-electron chi connectivity index (χ0n) is 17.3. The summed E-state index contributed by atoms with van der Waals surface area (Å²) in [6.45, 7) is 0. The third-order valence-corrected chi connectivity index (χ3v) is 6.58. The Labute approximate surface area is 203 Å². The number of phenols is 1. The first-order chi connectivity index (χ1) is 15.9. The number of phenolic OH excluding ortho intramolecular Hbond substituents is 1. The number of halogens is 2. The molecule has 3 atom stereocenters. The molecule has 0 aromatic heterocycles. The van der Waals surface area contributed by atoms with E-state index in [1.807, 2.05) is 0 Å². The Hall–Kier alpha value is -3.07. The van der Waals surface area contributed by atoms with Gasteiger partial charge in [-0.05, 0) is 66.7 Å². The standard InChI is InChI=1S/C24H18BrClN2O5/c1-32-17-9-7-15(8-10-17)27-23(30)20-21(18-12-13(25)2-11-19(18)29)28(33-22(20)24(27)31)16-5-3-14(26)4-6-16/h2-12,20-22,29H,1H3/t20-,21+,22+/m0/s1. The number of hydrogen-bond acceptors (Lipinski definition) is 6. The van der Waals surface area contributed by atoms with Gasteiger partial charge in [0.1, 0.15) is 17.4 Å². The predicted octanol–water partition coefficient (Wildman–Crippen LogP) is 4.87. The highest BCUT2D eigenvalue weighted by molar-refractivity contribution is 9.10. The fraction of sp³-hybridized carbons (Fsp3) is 0.167. The number of carbonyl (C=O) groups excluding carboxylic acids is 2. The molecule has 0 radical (unpaired) electrons. The van der Waals surface area contributed by atoms with Crippen molar-refractivity contribution in [3.63, 3.8) is 0 Å². The summed E-state index contributed by atoms with van der Waals surface area (Å²) in [5, 5.41) is 12.7. The highest BCUT2D eigenvalue weighted by atomic mass is 79.9. The van der Waals surface area contributed by atoms with Crippen LogP contribution in [0.15, 0.2) is 71.2 Å². The van der Waals surface area contributed by atoms with Gasteiger partial charge in [-0.25, -0.2) is 9.96 Å². The van der Waals surface area contributed by atoms with Gasteiger partial charge in [0.05, 0.1) is 24.5 Å². The van der Waals surface area contributed by atoms with Crippen LogP contribution in [0.25, 0.3) is 0 Å². The molecule has 0 saturated carbocycles. The van der Waals surface area contributed by atoms with E-state index >= 15 is 0 Å². The van der Waals surface area contributed by atoms with Gasteiger partial charge in [0.15, 0.2) is 6.10 Å². The minimum atomic E-state index is -1.04. The van der Waals surface area contributed by atoms with Crippen LogP contribution in [-0.2, 0) is 14.4 Å². The summed E-state index contributed by atoms with van der Waals surface area (Å²) in [6, 6.07) is 17.7. The topological polar surface area (TPSA) is 79.3 Å². The molecule has 2 amide bonds. The summed E-state index contributed by atoms with van der Waals surface area (Å²) in [7, 11) is 1.54. The SMILES string of the molecule is COc1ccc(N2C(=O)[C@H]3[C@@H](c4cc(Br)ccc4O)N(c4ccc(Cl)cc4)O[C@H]3C2=O)cc1. The van der Waals surface area contributed by atoms with Crippen LogP contribution in [-0.4, -0.2) is 30.1 Å². The Bertz CT molecular complexity index is 1230. The van der Waals surface area contributed by atoms with Crippen LogP contribution in [0.2, 0.25) is 5.02 Å². The highest BCUT2D eigenvalue weighted by Gasteiger charge is 2.60. The summed E-state index contributed by atoms with van der Waals surface area (Å²) < 4.78 is 5.89. The summed E-state index contributed by atoms with van der Waals surface area (Å²) in [5.41, 5.74) is 1.50. The van der Waals surface area contributed by atoms with Gasteiger partial charge >= 0.3 is 0 Å². The average Bonchev–Trinajstić information content (AvgIpc) is 3.32. The molecule has 1 N–H and O–H groups in total. The van der Waals surface area contributed by atoms with Crippen molar-refractivity contribution in [3.05, 3.63) is 81.8 Å². The van der Waals surface area contributed by atoms with Gasteiger partial charge in [-0.2, -0.15) is 0 Å². The molecular formula is C24H18BrClN2O5. The Morgan fingerprint density at radius 2 is 1.64 bits per heavy atom. The maximum absolute atomic E-state index is 13.6.